The third-order valence-electron chi connectivity index (χ3n) is 2.92. The predicted molar refractivity (Wildman–Crippen MR) is 76.8 cm³/mol. The number of aromatic nitrogens is 2. The van der Waals surface area contributed by atoms with Crippen molar-refractivity contribution in [2.24, 2.45) is 0 Å². The van der Waals surface area contributed by atoms with Crippen molar-refractivity contribution in [2.75, 3.05) is 14.1 Å². The Balaban J connectivity index is 2.23. The quantitative estimate of drug-likeness (QED) is 0.780. The van der Waals surface area contributed by atoms with Gasteiger partial charge in [-0.1, -0.05) is 6.07 Å². The first-order chi connectivity index (χ1) is 8.75. The van der Waals surface area contributed by atoms with Crippen molar-refractivity contribution < 1.29 is 0 Å². The van der Waals surface area contributed by atoms with Gasteiger partial charge in [-0.3, -0.25) is 0 Å². The number of thiophene rings is 1. The van der Waals surface area contributed by atoms with Gasteiger partial charge >= 0.3 is 0 Å². The van der Waals surface area contributed by atoms with E-state index in [0.29, 0.717) is 0 Å². The molecule has 0 aromatic carbocycles. The number of rotatable bonds is 3. The van der Waals surface area contributed by atoms with Crippen LogP contribution >= 0.6 is 11.3 Å². The van der Waals surface area contributed by atoms with Crippen LogP contribution in [0.1, 0.15) is 5.56 Å². The van der Waals surface area contributed by atoms with Crippen LogP contribution in [-0.2, 0) is 6.54 Å². The van der Waals surface area contributed by atoms with Crippen molar-refractivity contribution in [1.82, 2.24) is 14.9 Å². The summed E-state index contributed by atoms with van der Waals surface area (Å²) in [6.07, 6.45) is 1.83. The third kappa shape index (κ3) is 1.94. The molecule has 3 rings (SSSR count). The molecule has 0 saturated heterocycles. The highest BCUT2D eigenvalue weighted by Crippen LogP contribution is 2.32. The molecule has 0 amide bonds. The van der Waals surface area contributed by atoms with E-state index in [1.165, 1.54) is 21.5 Å². The molecule has 18 heavy (non-hydrogen) atoms. The summed E-state index contributed by atoms with van der Waals surface area (Å²) in [7, 11) is 4.18. The number of nitrogens with zero attached hydrogens (tertiary/aromatic N) is 2. The average Bonchev–Trinajstić information content (AvgIpc) is 2.96. The number of hydrogen-bond donors (Lipinski definition) is 1. The maximum Gasteiger partial charge on any atom is 0.138 e. The Kier molecular flexibility index (Phi) is 2.89. The number of pyridine rings is 1. The van der Waals surface area contributed by atoms with Gasteiger partial charge in [-0.2, -0.15) is 0 Å². The molecule has 0 fully saturated rings. The largest absolute Gasteiger partial charge is 0.338 e. The van der Waals surface area contributed by atoms with Crippen LogP contribution < -0.4 is 0 Å². The molecular formula is C14H15N3S. The Morgan fingerprint density at radius 2 is 2.17 bits per heavy atom. The standard InChI is InChI=1S/C14H15N3S/c1-17(2)9-11-10-5-3-7-15-14(10)16-13(11)12-6-4-8-18-12/h3-8H,9H2,1-2H3,(H,15,16). The zero-order valence-electron chi connectivity index (χ0n) is 10.5. The minimum absolute atomic E-state index is 0.916. The minimum atomic E-state index is 0.916. The van der Waals surface area contributed by atoms with E-state index in [1.807, 2.05) is 12.3 Å². The van der Waals surface area contributed by atoms with Crippen molar-refractivity contribution in [3.63, 3.8) is 0 Å². The zero-order chi connectivity index (χ0) is 12.5. The number of hydrogen-bond acceptors (Lipinski definition) is 3. The molecular weight excluding hydrogens is 242 g/mol. The fraction of sp³-hybridized carbons (Fsp3) is 0.214. The highest BCUT2D eigenvalue weighted by molar-refractivity contribution is 7.13. The van der Waals surface area contributed by atoms with Crippen molar-refractivity contribution in [1.29, 1.82) is 0 Å². The molecule has 0 unspecified atom stereocenters. The molecule has 4 heteroatoms. The van der Waals surface area contributed by atoms with Gasteiger partial charge < -0.3 is 9.88 Å². The van der Waals surface area contributed by atoms with Crippen molar-refractivity contribution in [3.05, 3.63) is 41.4 Å². The zero-order valence-corrected chi connectivity index (χ0v) is 11.3. The lowest BCUT2D eigenvalue weighted by Gasteiger charge is -2.10. The second kappa shape index (κ2) is 4.55. The Bertz CT molecular complexity index is 653. The fourth-order valence-corrected chi connectivity index (χ4v) is 2.94. The molecule has 0 bridgehead atoms. The van der Waals surface area contributed by atoms with E-state index in [2.05, 4.69) is 52.5 Å². The van der Waals surface area contributed by atoms with Crippen LogP contribution in [0.15, 0.2) is 35.8 Å². The summed E-state index contributed by atoms with van der Waals surface area (Å²) < 4.78 is 0. The summed E-state index contributed by atoms with van der Waals surface area (Å²) in [5.41, 5.74) is 3.50. The van der Waals surface area contributed by atoms with Gasteiger partial charge in [0.15, 0.2) is 0 Å². The van der Waals surface area contributed by atoms with Gasteiger partial charge in [-0.05, 0) is 37.7 Å². The number of nitrogens with one attached hydrogen (secondary N) is 1. The van der Waals surface area contributed by atoms with Gasteiger partial charge in [0, 0.05) is 23.7 Å². The molecule has 0 atom stereocenters. The average molecular weight is 257 g/mol. The molecule has 0 radical (unpaired) electrons. The molecule has 0 spiro atoms. The molecule has 92 valence electrons. The van der Waals surface area contributed by atoms with Crippen LogP contribution in [-0.4, -0.2) is 29.0 Å². The van der Waals surface area contributed by atoms with Crippen molar-refractivity contribution in [3.8, 4) is 10.6 Å². The van der Waals surface area contributed by atoms with Gasteiger partial charge in [-0.25, -0.2) is 4.98 Å². The summed E-state index contributed by atoms with van der Waals surface area (Å²) in [6.45, 7) is 0.916. The first-order valence-electron chi connectivity index (χ1n) is 5.90. The Hall–Kier alpha value is -1.65. The topological polar surface area (TPSA) is 31.9 Å². The predicted octanol–water partition coefficient (Wildman–Crippen LogP) is 3.35. The summed E-state index contributed by atoms with van der Waals surface area (Å²) in [4.78, 5) is 11.3. The summed E-state index contributed by atoms with van der Waals surface area (Å²) >= 11 is 1.75. The third-order valence-corrected chi connectivity index (χ3v) is 3.81. The molecule has 3 aromatic rings. The minimum Gasteiger partial charge on any atom is -0.338 e. The summed E-state index contributed by atoms with van der Waals surface area (Å²) in [6, 6.07) is 8.36. The molecule has 0 aliphatic rings. The maximum atomic E-state index is 4.41. The molecule has 1 N–H and O–H groups in total. The van der Waals surface area contributed by atoms with E-state index in [9.17, 15) is 0 Å². The summed E-state index contributed by atoms with van der Waals surface area (Å²) in [5.74, 6) is 0. The molecule has 0 aliphatic carbocycles. The highest BCUT2D eigenvalue weighted by Gasteiger charge is 2.14. The Labute approximate surface area is 110 Å². The molecule has 3 aromatic heterocycles. The SMILES string of the molecule is CN(C)Cc1c(-c2cccs2)[nH]c2ncccc12. The molecule has 3 heterocycles. The number of H-pyrrole nitrogens is 1. The lowest BCUT2D eigenvalue weighted by Crippen LogP contribution is -2.10. The van der Waals surface area contributed by atoms with E-state index < -0.39 is 0 Å². The van der Waals surface area contributed by atoms with Crippen LogP contribution in [0.4, 0.5) is 0 Å². The van der Waals surface area contributed by atoms with E-state index in [4.69, 9.17) is 0 Å². The molecule has 0 aliphatic heterocycles. The van der Waals surface area contributed by atoms with E-state index in [0.717, 1.165) is 12.2 Å². The normalized spacial score (nSPS) is 11.5. The van der Waals surface area contributed by atoms with Gasteiger partial charge in [-0.15, -0.1) is 11.3 Å². The lowest BCUT2D eigenvalue weighted by atomic mass is 10.1. The second-order valence-corrected chi connectivity index (χ2v) is 5.54. The van der Waals surface area contributed by atoms with Crippen LogP contribution in [0.5, 0.6) is 0 Å². The monoisotopic (exact) mass is 257 g/mol. The van der Waals surface area contributed by atoms with Crippen LogP contribution in [0.25, 0.3) is 21.6 Å². The first kappa shape index (κ1) is 11.4. The Morgan fingerprint density at radius 3 is 2.89 bits per heavy atom. The Morgan fingerprint density at radius 1 is 1.28 bits per heavy atom. The lowest BCUT2D eigenvalue weighted by molar-refractivity contribution is 0.404. The van der Waals surface area contributed by atoms with Gasteiger partial charge in [0.25, 0.3) is 0 Å². The molecule has 0 saturated carbocycles. The van der Waals surface area contributed by atoms with E-state index in [1.54, 1.807) is 11.3 Å². The highest BCUT2D eigenvalue weighted by atomic mass is 32.1. The van der Waals surface area contributed by atoms with Crippen LogP contribution in [0.3, 0.4) is 0 Å². The number of aromatic amines is 1. The number of fused-ring (bicyclic) bond motifs is 1. The molecule has 3 nitrogen and oxygen atoms in total. The van der Waals surface area contributed by atoms with Gasteiger partial charge in [0.2, 0.25) is 0 Å². The van der Waals surface area contributed by atoms with E-state index in [-0.39, 0.29) is 0 Å². The smallest absolute Gasteiger partial charge is 0.138 e. The van der Waals surface area contributed by atoms with Crippen LogP contribution in [0.2, 0.25) is 0 Å². The first-order valence-corrected chi connectivity index (χ1v) is 6.78. The van der Waals surface area contributed by atoms with Crippen molar-refractivity contribution >= 4 is 22.4 Å². The summed E-state index contributed by atoms with van der Waals surface area (Å²) in [5, 5.41) is 3.32. The van der Waals surface area contributed by atoms with Crippen LogP contribution in [0, 0.1) is 0 Å². The maximum absolute atomic E-state index is 4.41. The van der Waals surface area contributed by atoms with E-state index >= 15 is 0 Å². The van der Waals surface area contributed by atoms with Crippen molar-refractivity contribution in [2.45, 2.75) is 6.54 Å². The van der Waals surface area contributed by atoms with Gasteiger partial charge in [0.05, 0.1) is 10.6 Å². The fourth-order valence-electron chi connectivity index (χ4n) is 2.19. The van der Waals surface area contributed by atoms with Gasteiger partial charge in [0.1, 0.15) is 5.65 Å². The second-order valence-electron chi connectivity index (χ2n) is 4.59.